The Balaban J connectivity index is 1.84. The topological polar surface area (TPSA) is 93.4 Å². The number of aromatic nitrogens is 5. The molecular formula is C14H10N6S. The summed E-state index contributed by atoms with van der Waals surface area (Å²) >= 11 is 1.50. The number of pyridine rings is 1. The lowest BCUT2D eigenvalue weighted by molar-refractivity contribution is 1.08. The minimum Gasteiger partial charge on any atom is -0.397 e. The van der Waals surface area contributed by atoms with Gasteiger partial charge in [-0.15, -0.1) is 0 Å². The van der Waals surface area contributed by atoms with Crippen LogP contribution in [0.2, 0.25) is 0 Å². The van der Waals surface area contributed by atoms with Gasteiger partial charge in [-0.25, -0.2) is 15.0 Å². The highest BCUT2D eigenvalue weighted by atomic mass is 32.2. The van der Waals surface area contributed by atoms with E-state index in [4.69, 9.17) is 5.73 Å². The second kappa shape index (κ2) is 4.71. The molecule has 0 saturated carbocycles. The molecule has 3 heterocycles. The zero-order valence-corrected chi connectivity index (χ0v) is 11.6. The van der Waals surface area contributed by atoms with E-state index < -0.39 is 0 Å². The van der Waals surface area contributed by atoms with Crippen molar-refractivity contribution in [3.05, 3.63) is 43.2 Å². The van der Waals surface area contributed by atoms with Gasteiger partial charge in [-0.05, 0) is 12.1 Å². The highest BCUT2D eigenvalue weighted by molar-refractivity contribution is 7.99. The minimum absolute atomic E-state index is 0.649. The summed E-state index contributed by atoms with van der Waals surface area (Å²) in [6.07, 6.45) is 6.66. The maximum atomic E-state index is 6.27. The molecule has 102 valence electrons. The Morgan fingerprint density at radius 2 is 2.05 bits per heavy atom. The summed E-state index contributed by atoms with van der Waals surface area (Å²) in [5, 5.41) is 2.82. The smallest absolute Gasteiger partial charge is 0.181 e. The molecule has 7 heteroatoms. The number of imidazole rings is 1. The second-order valence-corrected chi connectivity index (χ2v) is 5.49. The Morgan fingerprint density at radius 3 is 3.00 bits per heavy atom. The van der Waals surface area contributed by atoms with E-state index in [0.717, 1.165) is 31.9 Å². The van der Waals surface area contributed by atoms with E-state index in [-0.39, 0.29) is 0 Å². The number of nitrogens with one attached hydrogen (secondary N) is 1. The third kappa shape index (κ3) is 1.98. The van der Waals surface area contributed by atoms with Crippen LogP contribution in [0.25, 0.3) is 21.9 Å². The van der Waals surface area contributed by atoms with Crippen molar-refractivity contribution in [1.82, 2.24) is 24.9 Å². The molecule has 21 heavy (non-hydrogen) atoms. The summed E-state index contributed by atoms with van der Waals surface area (Å²) in [6, 6.07) is 5.90. The molecule has 0 radical (unpaired) electrons. The summed E-state index contributed by atoms with van der Waals surface area (Å²) in [6.45, 7) is 0. The first-order valence-electron chi connectivity index (χ1n) is 6.27. The zero-order valence-electron chi connectivity index (χ0n) is 10.8. The Labute approximate surface area is 123 Å². The van der Waals surface area contributed by atoms with Crippen LogP contribution in [-0.2, 0) is 0 Å². The third-order valence-electron chi connectivity index (χ3n) is 3.22. The SMILES string of the molecule is Nc1c(Sc2ncnc3nc[nH]c23)ccc2cnccc12. The number of fused-ring (bicyclic) bond motifs is 2. The number of nitrogens with two attached hydrogens (primary N) is 1. The van der Waals surface area contributed by atoms with E-state index in [1.54, 1.807) is 18.7 Å². The summed E-state index contributed by atoms with van der Waals surface area (Å²) in [5.74, 6) is 0. The van der Waals surface area contributed by atoms with Crippen molar-refractivity contribution in [2.45, 2.75) is 9.92 Å². The van der Waals surface area contributed by atoms with Crippen LogP contribution < -0.4 is 5.73 Å². The molecule has 0 amide bonds. The zero-order chi connectivity index (χ0) is 14.2. The van der Waals surface area contributed by atoms with Crippen LogP contribution >= 0.6 is 11.8 Å². The summed E-state index contributed by atoms with van der Waals surface area (Å²) < 4.78 is 0. The van der Waals surface area contributed by atoms with Gasteiger partial charge >= 0.3 is 0 Å². The van der Waals surface area contributed by atoms with Crippen molar-refractivity contribution in [1.29, 1.82) is 0 Å². The number of aromatic amines is 1. The van der Waals surface area contributed by atoms with Crippen LogP contribution in [0, 0.1) is 0 Å². The van der Waals surface area contributed by atoms with E-state index in [9.17, 15) is 0 Å². The number of nitrogen functional groups attached to an aromatic ring is 1. The van der Waals surface area contributed by atoms with Gasteiger partial charge < -0.3 is 10.7 Å². The minimum atomic E-state index is 0.649. The summed E-state index contributed by atoms with van der Waals surface area (Å²) in [7, 11) is 0. The maximum Gasteiger partial charge on any atom is 0.181 e. The monoisotopic (exact) mass is 294 g/mol. The number of hydrogen-bond acceptors (Lipinski definition) is 6. The Bertz CT molecular complexity index is 948. The Hall–Kier alpha value is -2.67. The van der Waals surface area contributed by atoms with Crippen molar-refractivity contribution in [2.75, 3.05) is 5.73 Å². The van der Waals surface area contributed by atoms with Crippen LogP contribution in [0.15, 0.2) is 53.2 Å². The number of benzene rings is 1. The first kappa shape index (κ1) is 12.1. The molecule has 0 saturated heterocycles. The lowest BCUT2D eigenvalue weighted by Gasteiger charge is -2.08. The highest BCUT2D eigenvalue weighted by Crippen LogP contribution is 2.36. The molecular weight excluding hydrogens is 284 g/mol. The Morgan fingerprint density at radius 1 is 1.10 bits per heavy atom. The van der Waals surface area contributed by atoms with E-state index in [0.29, 0.717) is 5.65 Å². The summed E-state index contributed by atoms with van der Waals surface area (Å²) in [5.41, 5.74) is 8.46. The van der Waals surface area contributed by atoms with Crippen LogP contribution in [-0.4, -0.2) is 24.9 Å². The van der Waals surface area contributed by atoms with Gasteiger partial charge in [-0.3, -0.25) is 4.98 Å². The molecule has 0 aliphatic rings. The number of rotatable bonds is 2. The molecule has 0 unspecified atom stereocenters. The number of anilines is 1. The molecule has 3 N–H and O–H groups in total. The fraction of sp³-hybridized carbons (Fsp3) is 0. The lowest BCUT2D eigenvalue weighted by Crippen LogP contribution is -1.92. The molecule has 4 aromatic rings. The Kier molecular flexibility index (Phi) is 2.71. The largest absolute Gasteiger partial charge is 0.397 e. The number of hydrogen-bond donors (Lipinski definition) is 2. The third-order valence-corrected chi connectivity index (χ3v) is 4.30. The van der Waals surface area contributed by atoms with Gasteiger partial charge in [-0.1, -0.05) is 17.8 Å². The van der Waals surface area contributed by atoms with Crippen molar-refractivity contribution in [3.8, 4) is 0 Å². The quantitative estimate of drug-likeness (QED) is 0.436. The standard InChI is InChI=1S/C14H10N6S/c15-11-9-3-4-16-5-8(9)1-2-10(11)21-14-12-13(18-6-17-12)19-7-20-14/h1-7H,15H2,(H,17,18,19,20). The predicted molar refractivity (Wildman–Crippen MR) is 82.0 cm³/mol. The highest BCUT2D eigenvalue weighted by Gasteiger charge is 2.11. The van der Waals surface area contributed by atoms with Crippen molar-refractivity contribution in [3.63, 3.8) is 0 Å². The van der Waals surface area contributed by atoms with Crippen molar-refractivity contribution in [2.24, 2.45) is 0 Å². The maximum absolute atomic E-state index is 6.27. The van der Waals surface area contributed by atoms with Crippen LogP contribution in [0.3, 0.4) is 0 Å². The average Bonchev–Trinajstić information content (AvgIpc) is 3.00. The number of H-pyrrole nitrogens is 1. The van der Waals surface area contributed by atoms with Gasteiger partial charge in [0.25, 0.3) is 0 Å². The average molecular weight is 294 g/mol. The first-order valence-corrected chi connectivity index (χ1v) is 7.09. The molecule has 4 rings (SSSR count). The molecule has 0 atom stereocenters. The second-order valence-electron chi connectivity index (χ2n) is 4.46. The molecule has 0 bridgehead atoms. The number of nitrogens with zero attached hydrogens (tertiary/aromatic N) is 4. The molecule has 0 aliphatic heterocycles. The molecule has 6 nitrogen and oxygen atoms in total. The molecule has 0 fully saturated rings. The van der Waals surface area contributed by atoms with Gasteiger partial charge in [0.15, 0.2) is 5.65 Å². The molecule has 0 aliphatic carbocycles. The normalized spacial score (nSPS) is 11.2. The van der Waals surface area contributed by atoms with Gasteiger partial charge in [-0.2, -0.15) is 0 Å². The van der Waals surface area contributed by atoms with Gasteiger partial charge in [0.1, 0.15) is 16.9 Å². The van der Waals surface area contributed by atoms with Crippen LogP contribution in [0.4, 0.5) is 5.69 Å². The van der Waals surface area contributed by atoms with E-state index in [1.807, 2.05) is 18.2 Å². The summed E-state index contributed by atoms with van der Waals surface area (Å²) in [4.78, 5) is 20.7. The first-order chi connectivity index (χ1) is 10.3. The molecule has 1 aromatic carbocycles. The van der Waals surface area contributed by atoms with Gasteiger partial charge in [0, 0.05) is 28.1 Å². The molecule has 3 aromatic heterocycles. The van der Waals surface area contributed by atoms with Gasteiger partial charge in [0.2, 0.25) is 0 Å². The van der Waals surface area contributed by atoms with Crippen LogP contribution in [0.1, 0.15) is 0 Å². The van der Waals surface area contributed by atoms with E-state index in [1.165, 1.54) is 18.1 Å². The van der Waals surface area contributed by atoms with Crippen LogP contribution in [0.5, 0.6) is 0 Å². The van der Waals surface area contributed by atoms with Crippen molar-refractivity contribution < 1.29 is 0 Å². The fourth-order valence-corrected chi connectivity index (χ4v) is 3.10. The lowest BCUT2D eigenvalue weighted by atomic mass is 10.1. The fourth-order valence-electron chi connectivity index (χ4n) is 2.19. The molecule has 0 spiro atoms. The van der Waals surface area contributed by atoms with Gasteiger partial charge in [0.05, 0.1) is 12.0 Å². The van der Waals surface area contributed by atoms with Crippen molar-refractivity contribution >= 4 is 39.4 Å². The predicted octanol–water partition coefficient (Wildman–Crippen LogP) is 2.63. The van der Waals surface area contributed by atoms with E-state index >= 15 is 0 Å². The van der Waals surface area contributed by atoms with E-state index in [2.05, 4.69) is 24.9 Å².